The van der Waals surface area contributed by atoms with Crippen LogP contribution in [0.5, 0.6) is 17.4 Å². The molecule has 1 aromatic heterocycles. The number of alkyl halides is 3. The maximum Gasteiger partial charge on any atom is 0.573 e. The van der Waals surface area contributed by atoms with Crippen LogP contribution in [-0.2, 0) is 9.84 Å². The monoisotopic (exact) mass is 453 g/mol. The Morgan fingerprint density at radius 3 is 2.57 bits per heavy atom. The number of pyridine rings is 1. The molecule has 1 fully saturated rings. The van der Waals surface area contributed by atoms with E-state index in [2.05, 4.69) is 9.72 Å². The van der Waals surface area contributed by atoms with Crippen molar-refractivity contribution in [2.75, 3.05) is 12.0 Å². The smallest absolute Gasteiger partial charge is 0.439 e. The molecule has 3 rings (SSSR count). The summed E-state index contributed by atoms with van der Waals surface area (Å²) in [4.78, 5) is 4.03. The zero-order chi connectivity index (χ0) is 20.5. The molecular formula is C17H15ClF3NO4S2. The lowest BCUT2D eigenvalue weighted by atomic mass is 10.1. The van der Waals surface area contributed by atoms with Gasteiger partial charge >= 0.3 is 6.36 Å². The van der Waals surface area contributed by atoms with E-state index >= 15 is 0 Å². The minimum absolute atomic E-state index is 0.0927. The van der Waals surface area contributed by atoms with Crippen molar-refractivity contribution in [2.24, 2.45) is 0 Å². The summed E-state index contributed by atoms with van der Waals surface area (Å²) < 4.78 is 70.0. The highest BCUT2D eigenvalue weighted by molar-refractivity contribution is 8.01. The Balaban J connectivity index is 1.78. The van der Waals surface area contributed by atoms with E-state index in [4.69, 9.17) is 16.3 Å². The van der Waals surface area contributed by atoms with Crippen LogP contribution in [-0.4, -0.2) is 37.0 Å². The molecular weight excluding hydrogens is 439 g/mol. The molecule has 0 saturated carbocycles. The maximum atomic E-state index is 12.4. The summed E-state index contributed by atoms with van der Waals surface area (Å²) in [5.74, 6) is 0.247. The third-order valence-corrected chi connectivity index (χ3v) is 7.43. The van der Waals surface area contributed by atoms with Crippen LogP contribution in [0.15, 0.2) is 36.4 Å². The number of aromatic nitrogens is 1. The zero-order valence-electron chi connectivity index (χ0n) is 14.4. The normalized spacial score (nSPS) is 20.2. The van der Waals surface area contributed by atoms with Crippen molar-refractivity contribution >= 4 is 33.2 Å². The number of sulfone groups is 1. The molecule has 0 bridgehead atoms. The first-order valence-corrected chi connectivity index (χ1v) is 11.4. The lowest BCUT2D eigenvalue weighted by molar-refractivity contribution is -0.274. The van der Waals surface area contributed by atoms with Gasteiger partial charge in [0.1, 0.15) is 16.7 Å². The van der Waals surface area contributed by atoms with Crippen LogP contribution >= 0.6 is 23.4 Å². The van der Waals surface area contributed by atoms with Crippen molar-refractivity contribution in [1.82, 2.24) is 4.98 Å². The summed E-state index contributed by atoms with van der Waals surface area (Å²) in [5, 5.41) is -0.393. The Morgan fingerprint density at radius 1 is 1.21 bits per heavy atom. The molecule has 2 aromatic rings. The van der Waals surface area contributed by atoms with Crippen LogP contribution in [0.2, 0.25) is 5.15 Å². The summed E-state index contributed by atoms with van der Waals surface area (Å²) in [6.07, 6.45) is -3.15. The minimum atomic E-state index is -4.81. The number of halogens is 4. The second kappa shape index (κ2) is 8.00. The number of hydrogen-bond donors (Lipinski definition) is 0. The van der Waals surface area contributed by atoms with Gasteiger partial charge in [0, 0.05) is 29.4 Å². The second-order valence-corrected chi connectivity index (χ2v) is 10.1. The van der Waals surface area contributed by atoms with Crippen LogP contribution in [0.1, 0.15) is 17.2 Å². The molecule has 28 heavy (non-hydrogen) atoms. The van der Waals surface area contributed by atoms with Crippen LogP contribution in [0.3, 0.4) is 0 Å². The van der Waals surface area contributed by atoms with Gasteiger partial charge in [0.25, 0.3) is 0 Å². The number of benzene rings is 1. The molecule has 0 radical (unpaired) electrons. The van der Waals surface area contributed by atoms with Crippen molar-refractivity contribution in [3.05, 3.63) is 47.1 Å². The summed E-state index contributed by atoms with van der Waals surface area (Å²) in [6, 6.07) is 8.27. The van der Waals surface area contributed by atoms with E-state index < -0.39 is 27.2 Å². The average Bonchev–Trinajstić information content (AvgIpc) is 3.03. The number of rotatable bonds is 5. The highest BCUT2D eigenvalue weighted by Gasteiger charge is 2.33. The van der Waals surface area contributed by atoms with Gasteiger partial charge in [-0.05, 0) is 30.2 Å². The van der Waals surface area contributed by atoms with E-state index in [0.717, 1.165) is 17.7 Å². The van der Waals surface area contributed by atoms with Gasteiger partial charge < -0.3 is 9.47 Å². The summed E-state index contributed by atoms with van der Waals surface area (Å²) >= 11 is 7.54. The first-order chi connectivity index (χ1) is 13.0. The van der Waals surface area contributed by atoms with Gasteiger partial charge in [-0.3, -0.25) is 0 Å². The van der Waals surface area contributed by atoms with Gasteiger partial charge in [0.15, 0.2) is 9.84 Å². The summed E-state index contributed by atoms with van der Waals surface area (Å²) in [5.41, 5.74) is 0.744. The Bertz CT molecular complexity index is 969. The van der Waals surface area contributed by atoms with Gasteiger partial charge in [-0.2, -0.15) is 11.8 Å². The van der Waals surface area contributed by atoms with E-state index in [1.54, 1.807) is 12.1 Å². The first kappa shape index (κ1) is 21.1. The number of nitrogens with zero attached hydrogens (tertiary/aromatic N) is 1. The maximum absolute atomic E-state index is 12.4. The van der Waals surface area contributed by atoms with Crippen LogP contribution < -0.4 is 9.47 Å². The largest absolute Gasteiger partial charge is 0.573 e. The number of hydrogen-bond acceptors (Lipinski definition) is 6. The summed E-state index contributed by atoms with van der Waals surface area (Å²) in [7, 11) is -3.14. The van der Waals surface area contributed by atoms with E-state index in [9.17, 15) is 21.6 Å². The van der Waals surface area contributed by atoms with E-state index in [-0.39, 0.29) is 22.0 Å². The molecule has 0 amide bonds. The van der Waals surface area contributed by atoms with Crippen molar-refractivity contribution in [2.45, 2.75) is 23.3 Å². The quantitative estimate of drug-likeness (QED) is 0.592. The fraction of sp³-hybridized carbons (Fsp3) is 0.353. The van der Waals surface area contributed by atoms with Crippen LogP contribution in [0.4, 0.5) is 13.2 Å². The van der Waals surface area contributed by atoms with Crippen molar-refractivity contribution in [3.8, 4) is 17.4 Å². The SMILES string of the molecule is CS(=O)(=O)C1CSC(c2cc(Cl)nc(Oc3cccc(OC(F)(F)F)c3)c2)C1. The Kier molecular flexibility index (Phi) is 6.02. The first-order valence-electron chi connectivity index (χ1n) is 8.01. The zero-order valence-corrected chi connectivity index (χ0v) is 16.8. The molecule has 0 aliphatic carbocycles. The van der Waals surface area contributed by atoms with Crippen molar-refractivity contribution < 1.29 is 31.1 Å². The van der Waals surface area contributed by atoms with Crippen LogP contribution in [0.25, 0.3) is 0 Å². The standard InChI is InChI=1S/C17H15ClF3NO4S2/c1-28(23,24)13-8-14(27-9-13)10-5-15(18)22-16(6-10)25-11-3-2-4-12(7-11)26-17(19,20)21/h2-7,13-14H,8-9H2,1H3. The lowest BCUT2D eigenvalue weighted by Crippen LogP contribution is -2.18. The molecule has 1 aliphatic rings. The molecule has 5 nitrogen and oxygen atoms in total. The predicted octanol–water partition coefficient (Wildman–Crippen LogP) is 5.02. The van der Waals surface area contributed by atoms with Crippen molar-refractivity contribution in [3.63, 3.8) is 0 Å². The lowest BCUT2D eigenvalue weighted by Gasteiger charge is -2.13. The average molecular weight is 454 g/mol. The molecule has 1 aromatic carbocycles. The van der Waals surface area contributed by atoms with Gasteiger partial charge in [-0.1, -0.05) is 17.7 Å². The molecule has 2 unspecified atom stereocenters. The Morgan fingerprint density at radius 2 is 1.93 bits per heavy atom. The predicted molar refractivity (Wildman–Crippen MR) is 101 cm³/mol. The third-order valence-electron chi connectivity index (χ3n) is 3.99. The Hall–Kier alpha value is -1.65. The number of ether oxygens (including phenoxy) is 2. The van der Waals surface area contributed by atoms with Crippen molar-refractivity contribution in [1.29, 1.82) is 0 Å². The molecule has 1 saturated heterocycles. The molecule has 0 N–H and O–H groups in total. The fourth-order valence-corrected chi connectivity index (χ4v) is 6.09. The molecule has 2 atom stereocenters. The minimum Gasteiger partial charge on any atom is -0.439 e. The van der Waals surface area contributed by atoms with E-state index in [1.807, 2.05) is 0 Å². The molecule has 152 valence electrons. The highest BCUT2D eigenvalue weighted by Crippen LogP contribution is 2.43. The molecule has 11 heteroatoms. The molecule has 2 heterocycles. The molecule has 1 aliphatic heterocycles. The third kappa shape index (κ3) is 5.68. The topological polar surface area (TPSA) is 65.5 Å². The fourth-order valence-electron chi connectivity index (χ4n) is 2.71. The number of thioether (sulfide) groups is 1. The van der Waals surface area contributed by atoms with Gasteiger partial charge in [-0.15, -0.1) is 13.2 Å². The molecule has 0 spiro atoms. The second-order valence-electron chi connectivity index (χ2n) is 6.20. The summed E-state index contributed by atoms with van der Waals surface area (Å²) in [6.45, 7) is 0. The van der Waals surface area contributed by atoms with Gasteiger partial charge in [0.2, 0.25) is 5.88 Å². The van der Waals surface area contributed by atoms with Gasteiger partial charge in [0.05, 0.1) is 5.25 Å². The van der Waals surface area contributed by atoms with E-state index in [0.29, 0.717) is 12.2 Å². The van der Waals surface area contributed by atoms with E-state index in [1.165, 1.54) is 30.2 Å². The van der Waals surface area contributed by atoms with Crippen LogP contribution in [0, 0.1) is 0 Å². The van der Waals surface area contributed by atoms with Gasteiger partial charge in [-0.25, -0.2) is 13.4 Å². The Labute approximate surface area is 169 Å². The highest BCUT2D eigenvalue weighted by atomic mass is 35.5.